The van der Waals surface area contributed by atoms with Crippen LogP contribution in [-0.4, -0.2) is 61.5 Å². The van der Waals surface area contributed by atoms with E-state index in [1.807, 2.05) is 0 Å². The average Bonchev–Trinajstić information content (AvgIpc) is 3.21. The lowest BCUT2D eigenvalue weighted by Crippen LogP contribution is -2.50. The van der Waals surface area contributed by atoms with E-state index >= 15 is 0 Å². The highest BCUT2D eigenvalue weighted by molar-refractivity contribution is 4.88. The summed E-state index contributed by atoms with van der Waals surface area (Å²) in [5.74, 6) is 0. The van der Waals surface area contributed by atoms with E-state index in [0.29, 0.717) is 5.41 Å². The minimum atomic E-state index is 0.0102. The zero-order valence-corrected chi connectivity index (χ0v) is 12.5. The summed E-state index contributed by atoms with van der Waals surface area (Å²) in [4.78, 5) is 2.47. The van der Waals surface area contributed by atoms with Gasteiger partial charge >= 0.3 is 0 Å². The van der Waals surface area contributed by atoms with Crippen molar-refractivity contribution in [1.29, 1.82) is 0 Å². The van der Waals surface area contributed by atoms with E-state index in [4.69, 9.17) is 4.74 Å². The van der Waals surface area contributed by atoms with Gasteiger partial charge in [-0.2, -0.15) is 0 Å². The van der Waals surface area contributed by atoms with Crippen LogP contribution in [0.5, 0.6) is 0 Å². The number of nitrogens with zero attached hydrogens (tertiary/aromatic N) is 1. The summed E-state index contributed by atoms with van der Waals surface area (Å²) >= 11 is 0. The first-order chi connectivity index (χ1) is 9.15. The molecule has 2 aliphatic rings. The number of nitrogens with one attached hydrogen (secondary N) is 1. The number of aliphatic hydroxyl groups is 1. The second kappa shape index (κ2) is 7.02. The summed E-state index contributed by atoms with van der Waals surface area (Å²) in [7, 11) is 0. The van der Waals surface area contributed by atoms with E-state index in [2.05, 4.69) is 24.1 Å². The van der Waals surface area contributed by atoms with Crippen LogP contribution >= 0.6 is 0 Å². The van der Waals surface area contributed by atoms with Crippen LogP contribution in [0.15, 0.2) is 0 Å². The summed E-state index contributed by atoms with van der Waals surface area (Å²) in [5.41, 5.74) is 0.342. The van der Waals surface area contributed by atoms with E-state index in [-0.39, 0.29) is 12.7 Å². The first kappa shape index (κ1) is 15.2. The van der Waals surface area contributed by atoms with Crippen LogP contribution in [0.3, 0.4) is 0 Å². The average molecular weight is 270 g/mol. The Labute approximate surface area is 117 Å². The molecule has 0 aromatic rings. The van der Waals surface area contributed by atoms with Gasteiger partial charge in [-0.05, 0) is 24.7 Å². The Kier molecular flexibility index (Phi) is 5.63. The second-order valence-corrected chi connectivity index (χ2v) is 6.63. The van der Waals surface area contributed by atoms with E-state index in [1.165, 1.54) is 25.7 Å². The molecule has 2 unspecified atom stereocenters. The van der Waals surface area contributed by atoms with Gasteiger partial charge in [-0.15, -0.1) is 0 Å². The number of morpholine rings is 1. The Morgan fingerprint density at radius 3 is 2.84 bits per heavy atom. The van der Waals surface area contributed by atoms with Crippen LogP contribution in [0, 0.1) is 5.41 Å². The molecule has 0 aromatic carbocycles. The Bertz CT molecular complexity index is 271. The van der Waals surface area contributed by atoms with Gasteiger partial charge in [0.1, 0.15) is 0 Å². The fourth-order valence-electron chi connectivity index (χ4n) is 3.08. The Balaban J connectivity index is 1.82. The number of hydrogen-bond acceptors (Lipinski definition) is 4. The van der Waals surface area contributed by atoms with Crippen molar-refractivity contribution in [2.75, 3.05) is 39.4 Å². The molecule has 1 saturated heterocycles. The predicted molar refractivity (Wildman–Crippen MR) is 77.3 cm³/mol. The normalized spacial score (nSPS) is 28.3. The molecule has 1 heterocycles. The van der Waals surface area contributed by atoms with Crippen molar-refractivity contribution in [1.82, 2.24) is 10.2 Å². The van der Waals surface area contributed by atoms with Crippen molar-refractivity contribution in [2.45, 2.75) is 51.7 Å². The van der Waals surface area contributed by atoms with Crippen molar-refractivity contribution in [3.63, 3.8) is 0 Å². The van der Waals surface area contributed by atoms with E-state index in [1.54, 1.807) is 0 Å². The Morgan fingerprint density at radius 2 is 2.21 bits per heavy atom. The molecule has 0 radical (unpaired) electrons. The molecule has 0 amide bonds. The predicted octanol–water partition coefficient (Wildman–Crippen LogP) is 1.24. The number of ether oxygens (including phenoxy) is 1. The molecule has 1 aliphatic heterocycles. The van der Waals surface area contributed by atoms with Crippen LogP contribution in [0.25, 0.3) is 0 Å². The van der Waals surface area contributed by atoms with E-state index in [9.17, 15) is 5.11 Å². The molecule has 2 rings (SSSR count). The summed E-state index contributed by atoms with van der Waals surface area (Å²) in [6.07, 6.45) is 5.21. The van der Waals surface area contributed by atoms with Gasteiger partial charge in [-0.25, -0.2) is 0 Å². The maximum Gasteiger partial charge on any atom is 0.0932 e. The maximum absolute atomic E-state index is 9.23. The van der Waals surface area contributed by atoms with E-state index in [0.717, 1.165) is 38.8 Å². The van der Waals surface area contributed by atoms with Crippen molar-refractivity contribution in [3.05, 3.63) is 0 Å². The molecule has 0 aromatic heterocycles. The van der Waals surface area contributed by atoms with Gasteiger partial charge in [0.15, 0.2) is 0 Å². The lowest BCUT2D eigenvalue weighted by Gasteiger charge is -2.39. The number of aliphatic hydroxyl groups excluding tert-OH is 1. The lowest BCUT2D eigenvalue weighted by atomic mass is 9.84. The third-order valence-corrected chi connectivity index (χ3v) is 4.28. The molecular formula is C15H30N2O2. The van der Waals surface area contributed by atoms with Crippen LogP contribution < -0.4 is 5.32 Å². The van der Waals surface area contributed by atoms with Crippen LogP contribution in [-0.2, 0) is 4.74 Å². The molecule has 1 aliphatic carbocycles. The zero-order chi connectivity index (χ0) is 13.7. The van der Waals surface area contributed by atoms with Crippen molar-refractivity contribution in [2.24, 2.45) is 5.41 Å². The van der Waals surface area contributed by atoms with Gasteiger partial charge in [-0.3, -0.25) is 4.90 Å². The number of rotatable bonds is 8. The fourth-order valence-corrected chi connectivity index (χ4v) is 3.08. The van der Waals surface area contributed by atoms with Crippen LogP contribution in [0.4, 0.5) is 0 Å². The highest BCUT2D eigenvalue weighted by Crippen LogP contribution is 2.27. The molecule has 4 heteroatoms. The summed E-state index contributed by atoms with van der Waals surface area (Å²) in [6.45, 7) is 9.66. The van der Waals surface area contributed by atoms with Crippen molar-refractivity contribution >= 4 is 0 Å². The largest absolute Gasteiger partial charge is 0.394 e. The highest BCUT2D eigenvalue weighted by atomic mass is 16.5. The molecular weight excluding hydrogens is 240 g/mol. The Morgan fingerprint density at radius 1 is 1.42 bits per heavy atom. The molecule has 2 atom stereocenters. The third-order valence-electron chi connectivity index (χ3n) is 4.28. The van der Waals surface area contributed by atoms with Gasteiger partial charge in [0.25, 0.3) is 0 Å². The molecule has 4 nitrogen and oxygen atoms in total. The van der Waals surface area contributed by atoms with Crippen LogP contribution in [0.2, 0.25) is 0 Å². The van der Waals surface area contributed by atoms with Gasteiger partial charge in [-0.1, -0.05) is 20.3 Å². The molecule has 2 fully saturated rings. The van der Waals surface area contributed by atoms with Gasteiger partial charge in [0.2, 0.25) is 0 Å². The molecule has 1 saturated carbocycles. The number of hydrogen-bond donors (Lipinski definition) is 2. The topological polar surface area (TPSA) is 44.7 Å². The molecule has 0 bridgehead atoms. The quantitative estimate of drug-likeness (QED) is 0.696. The summed E-state index contributed by atoms with van der Waals surface area (Å²) < 4.78 is 5.53. The van der Waals surface area contributed by atoms with Gasteiger partial charge < -0.3 is 15.2 Å². The van der Waals surface area contributed by atoms with Crippen molar-refractivity contribution < 1.29 is 9.84 Å². The van der Waals surface area contributed by atoms with E-state index < -0.39 is 0 Å². The second-order valence-electron chi connectivity index (χ2n) is 6.63. The first-order valence-electron chi connectivity index (χ1n) is 7.83. The van der Waals surface area contributed by atoms with Gasteiger partial charge in [0, 0.05) is 32.2 Å². The smallest absolute Gasteiger partial charge is 0.0932 e. The van der Waals surface area contributed by atoms with Crippen molar-refractivity contribution in [3.8, 4) is 0 Å². The molecule has 19 heavy (non-hydrogen) atoms. The SMILES string of the molecule is CCCC(C)(CNC1CC1)CN1CCOC(CO)C1. The highest BCUT2D eigenvalue weighted by Gasteiger charge is 2.31. The minimum absolute atomic E-state index is 0.0102. The summed E-state index contributed by atoms with van der Waals surface area (Å²) in [5, 5.41) is 12.9. The standard InChI is InChI=1S/C15H30N2O2/c1-3-6-15(2,11-16-13-4-5-13)12-17-7-8-19-14(9-17)10-18/h13-14,16,18H,3-12H2,1-2H3. The Hall–Kier alpha value is -0.160. The molecule has 0 spiro atoms. The summed E-state index contributed by atoms with van der Waals surface area (Å²) in [6, 6.07) is 0.783. The lowest BCUT2D eigenvalue weighted by molar-refractivity contribution is -0.0620. The van der Waals surface area contributed by atoms with Gasteiger partial charge in [0.05, 0.1) is 19.3 Å². The van der Waals surface area contributed by atoms with Crippen LogP contribution in [0.1, 0.15) is 39.5 Å². The first-order valence-corrected chi connectivity index (χ1v) is 7.83. The minimum Gasteiger partial charge on any atom is -0.394 e. The maximum atomic E-state index is 9.23. The monoisotopic (exact) mass is 270 g/mol. The zero-order valence-electron chi connectivity index (χ0n) is 12.5. The molecule has 2 N–H and O–H groups in total. The molecule has 112 valence electrons. The fraction of sp³-hybridized carbons (Fsp3) is 1.00. The third kappa shape index (κ3) is 5.03.